The van der Waals surface area contributed by atoms with Crippen molar-refractivity contribution in [1.29, 1.82) is 5.26 Å². The summed E-state index contributed by atoms with van der Waals surface area (Å²) < 4.78 is 0. The lowest BCUT2D eigenvalue weighted by Crippen LogP contribution is -2.42. The Kier molecular flexibility index (Phi) is 3.57. The zero-order valence-corrected chi connectivity index (χ0v) is 12.4. The number of hydrogen-bond donors (Lipinski definition) is 1. The summed E-state index contributed by atoms with van der Waals surface area (Å²) in [5.41, 5.74) is -0.256. The fourth-order valence-corrected chi connectivity index (χ4v) is 4.90. The minimum atomic E-state index is -0.256. The second kappa shape index (κ2) is 5.07. The standard InChI is InChI=1S/C16H27N3/c1-18-16(11-17)6-5-15(9-16)19(2)10-14-8-12-3-4-13(14)7-12/h12-15,18H,3-10H2,1-2H3. The Morgan fingerprint density at radius 1 is 1.32 bits per heavy atom. The van der Waals surface area contributed by atoms with E-state index in [1.165, 1.54) is 38.6 Å². The summed E-state index contributed by atoms with van der Waals surface area (Å²) in [6.07, 6.45) is 9.12. The molecule has 3 rings (SSSR count). The lowest BCUT2D eigenvalue weighted by Gasteiger charge is -2.31. The Morgan fingerprint density at radius 3 is 2.68 bits per heavy atom. The highest BCUT2D eigenvalue weighted by molar-refractivity contribution is 5.12. The van der Waals surface area contributed by atoms with Crippen molar-refractivity contribution in [2.24, 2.45) is 17.8 Å². The molecule has 3 heteroatoms. The maximum atomic E-state index is 9.36. The SMILES string of the molecule is CNC1(C#N)CCC(N(C)CC2CC3CCC2C3)C1. The van der Waals surface area contributed by atoms with Gasteiger partial charge in [-0.15, -0.1) is 0 Å². The number of fused-ring (bicyclic) bond motifs is 2. The van der Waals surface area contributed by atoms with Gasteiger partial charge in [0.15, 0.2) is 0 Å². The maximum Gasteiger partial charge on any atom is 0.108 e. The molecule has 0 spiro atoms. The molecule has 3 fully saturated rings. The predicted octanol–water partition coefficient (Wildman–Crippen LogP) is 2.39. The molecule has 106 valence electrons. The number of rotatable bonds is 4. The quantitative estimate of drug-likeness (QED) is 0.844. The Labute approximate surface area is 117 Å². The first-order valence-electron chi connectivity index (χ1n) is 7.96. The molecular formula is C16H27N3. The summed E-state index contributed by atoms with van der Waals surface area (Å²) in [7, 11) is 4.21. The zero-order valence-electron chi connectivity index (χ0n) is 12.4. The number of nitrogens with one attached hydrogen (secondary N) is 1. The van der Waals surface area contributed by atoms with Crippen molar-refractivity contribution in [2.75, 3.05) is 20.6 Å². The van der Waals surface area contributed by atoms with E-state index in [1.807, 2.05) is 7.05 Å². The van der Waals surface area contributed by atoms with Crippen molar-refractivity contribution < 1.29 is 0 Å². The van der Waals surface area contributed by atoms with Crippen molar-refractivity contribution in [3.8, 4) is 6.07 Å². The first kappa shape index (κ1) is 13.4. The third-order valence-corrected chi connectivity index (χ3v) is 6.21. The van der Waals surface area contributed by atoms with Crippen LogP contribution in [0.3, 0.4) is 0 Å². The van der Waals surface area contributed by atoms with Crippen LogP contribution in [0.15, 0.2) is 0 Å². The Bertz CT molecular complexity index is 375. The van der Waals surface area contributed by atoms with Gasteiger partial charge in [-0.05, 0) is 70.4 Å². The van der Waals surface area contributed by atoms with Crippen LogP contribution in [0.1, 0.15) is 44.9 Å². The van der Waals surface area contributed by atoms with Crippen molar-refractivity contribution in [3.05, 3.63) is 0 Å². The molecule has 0 radical (unpaired) electrons. The van der Waals surface area contributed by atoms with Crippen molar-refractivity contribution in [3.63, 3.8) is 0 Å². The number of nitriles is 1. The third kappa shape index (κ3) is 2.41. The molecule has 0 aromatic heterocycles. The molecule has 5 unspecified atom stereocenters. The van der Waals surface area contributed by atoms with Crippen molar-refractivity contribution >= 4 is 0 Å². The second-order valence-electron chi connectivity index (χ2n) is 7.22. The summed E-state index contributed by atoms with van der Waals surface area (Å²) in [6, 6.07) is 3.10. The fraction of sp³-hybridized carbons (Fsp3) is 0.938. The van der Waals surface area contributed by atoms with Crippen LogP contribution in [0.5, 0.6) is 0 Å². The first-order chi connectivity index (χ1) is 9.15. The van der Waals surface area contributed by atoms with E-state index in [2.05, 4.69) is 23.3 Å². The van der Waals surface area contributed by atoms with E-state index >= 15 is 0 Å². The summed E-state index contributed by atoms with van der Waals surface area (Å²) in [4.78, 5) is 2.56. The van der Waals surface area contributed by atoms with E-state index in [9.17, 15) is 5.26 Å². The van der Waals surface area contributed by atoms with Crippen LogP contribution >= 0.6 is 0 Å². The molecule has 0 aliphatic heterocycles. The van der Waals surface area contributed by atoms with Crippen molar-refractivity contribution in [2.45, 2.75) is 56.5 Å². The normalized spacial score (nSPS) is 44.9. The number of nitrogens with zero attached hydrogens (tertiary/aromatic N) is 2. The lowest BCUT2D eigenvalue weighted by molar-refractivity contribution is 0.170. The summed E-state index contributed by atoms with van der Waals surface area (Å²) in [6.45, 7) is 1.26. The molecule has 3 saturated carbocycles. The molecule has 3 aliphatic rings. The highest BCUT2D eigenvalue weighted by Crippen LogP contribution is 2.48. The van der Waals surface area contributed by atoms with Gasteiger partial charge in [0.1, 0.15) is 5.54 Å². The molecule has 0 aromatic rings. The summed E-state index contributed by atoms with van der Waals surface area (Å²) in [5, 5.41) is 12.6. The highest BCUT2D eigenvalue weighted by Gasteiger charge is 2.43. The van der Waals surface area contributed by atoms with Crippen LogP contribution < -0.4 is 5.32 Å². The molecule has 19 heavy (non-hydrogen) atoms. The van der Waals surface area contributed by atoms with Crippen LogP contribution in [0.2, 0.25) is 0 Å². The van der Waals surface area contributed by atoms with Gasteiger partial charge in [-0.2, -0.15) is 5.26 Å². The van der Waals surface area contributed by atoms with Crippen LogP contribution in [-0.2, 0) is 0 Å². The molecule has 3 aliphatic carbocycles. The Hall–Kier alpha value is -0.590. The molecule has 1 N–H and O–H groups in total. The lowest BCUT2D eigenvalue weighted by atomic mass is 9.88. The zero-order chi connectivity index (χ0) is 13.5. The van der Waals surface area contributed by atoms with Gasteiger partial charge in [0.2, 0.25) is 0 Å². The molecule has 0 amide bonds. The van der Waals surface area contributed by atoms with E-state index in [-0.39, 0.29) is 5.54 Å². The molecule has 0 aromatic carbocycles. The van der Waals surface area contributed by atoms with E-state index in [0.29, 0.717) is 6.04 Å². The third-order valence-electron chi connectivity index (χ3n) is 6.21. The molecule has 3 nitrogen and oxygen atoms in total. The predicted molar refractivity (Wildman–Crippen MR) is 76.6 cm³/mol. The highest BCUT2D eigenvalue weighted by atomic mass is 15.1. The maximum absolute atomic E-state index is 9.36. The summed E-state index contributed by atoms with van der Waals surface area (Å²) in [5.74, 6) is 3.00. The van der Waals surface area contributed by atoms with Gasteiger partial charge in [-0.1, -0.05) is 6.42 Å². The van der Waals surface area contributed by atoms with Crippen molar-refractivity contribution in [1.82, 2.24) is 10.2 Å². The van der Waals surface area contributed by atoms with Gasteiger partial charge < -0.3 is 10.2 Å². The van der Waals surface area contributed by atoms with Crippen LogP contribution in [-0.4, -0.2) is 37.1 Å². The molecular weight excluding hydrogens is 234 g/mol. The monoisotopic (exact) mass is 261 g/mol. The van der Waals surface area contributed by atoms with Gasteiger partial charge >= 0.3 is 0 Å². The molecule has 2 bridgehead atoms. The van der Waals surface area contributed by atoms with Gasteiger partial charge in [0.25, 0.3) is 0 Å². The Morgan fingerprint density at radius 2 is 2.16 bits per heavy atom. The largest absolute Gasteiger partial charge is 0.303 e. The van der Waals surface area contributed by atoms with E-state index in [0.717, 1.165) is 30.6 Å². The minimum Gasteiger partial charge on any atom is -0.303 e. The first-order valence-corrected chi connectivity index (χ1v) is 7.96. The second-order valence-corrected chi connectivity index (χ2v) is 7.22. The fourth-order valence-electron chi connectivity index (χ4n) is 4.90. The van der Waals surface area contributed by atoms with Gasteiger partial charge in [-0.25, -0.2) is 0 Å². The average molecular weight is 261 g/mol. The van der Waals surface area contributed by atoms with E-state index < -0.39 is 0 Å². The molecule has 0 saturated heterocycles. The smallest absolute Gasteiger partial charge is 0.108 e. The van der Waals surface area contributed by atoms with Gasteiger partial charge in [-0.3, -0.25) is 0 Å². The molecule has 5 atom stereocenters. The Balaban J connectivity index is 1.54. The molecule has 0 heterocycles. The van der Waals surface area contributed by atoms with E-state index in [4.69, 9.17) is 0 Å². The van der Waals surface area contributed by atoms with Crippen LogP contribution in [0.25, 0.3) is 0 Å². The van der Waals surface area contributed by atoms with Gasteiger partial charge in [0.05, 0.1) is 6.07 Å². The van der Waals surface area contributed by atoms with Crippen LogP contribution in [0.4, 0.5) is 0 Å². The number of hydrogen-bond acceptors (Lipinski definition) is 3. The van der Waals surface area contributed by atoms with Crippen LogP contribution in [0, 0.1) is 29.1 Å². The summed E-state index contributed by atoms with van der Waals surface area (Å²) >= 11 is 0. The van der Waals surface area contributed by atoms with Gasteiger partial charge in [0, 0.05) is 12.6 Å². The average Bonchev–Trinajstić information content (AvgIpc) is 3.13. The topological polar surface area (TPSA) is 39.1 Å². The minimum absolute atomic E-state index is 0.256. The van der Waals surface area contributed by atoms with E-state index in [1.54, 1.807) is 0 Å².